The molecule has 0 unspecified atom stereocenters. The Morgan fingerprint density at radius 2 is 1.94 bits per heavy atom. The zero-order chi connectivity index (χ0) is 12.9. The van der Waals surface area contributed by atoms with Crippen LogP contribution in [0.1, 0.15) is 25.8 Å². The van der Waals surface area contributed by atoms with Crippen molar-refractivity contribution >= 4 is 15.9 Å². The van der Waals surface area contributed by atoms with E-state index in [0.29, 0.717) is 0 Å². The normalized spacial score (nSPS) is 12.1. The van der Waals surface area contributed by atoms with Gasteiger partial charge in [-0.2, -0.15) is 0 Å². The molecule has 0 aliphatic heterocycles. The van der Waals surface area contributed by atoms with Gasteiger partial charge in [0.2, 0.25) is 0 Å². The molecule has 0 bridgehead atoms. The molecule has 17 heavy (non-hydrogen) atoms. The van der Waals surface area contributed by atoms with Crippen molar-refractivity contribution in [3.8, 4) is 0 Å². The van der Waals surface area contributed by atoms with E-state index >= 15 is 0 Å². The van der Waals surface area contributed by atoms with Gasteiger partial charge in [-0.05, 0) is 43.6 Å². The van der Waals surface area contributed by atoms with Crippen LogP contribution < -0.4 is 5.73 Å². The molecule has 1 rings (SSSR count). The molecule has 0 heterocycles. The van der Waals surface area contributed by atoms with Gasteiger partial charge in [-0.15, -0.1) is 0 Å². The Balaban J connectivity index is 2.45. The summed E-state index contributed by atoms with van der Waals surface area (Å²) in [6, 6.07) is 8.38. The first-order valence-corrected chi connectivity index (χ1v) is 6.86. The van der Waals surface area contributed by atoms with E-state index in [9.17, 15) is 0 Å². The minimum absolute atomic E-state index is 0.238. The summed E-state index contributed by atoms with van der Waals surface area (Å²) in [4.78, 5) is 2.34. The van der Waals surface area contributed by atoms with Crippen LogP contribution in [-0.2, 0) is 6.54 Å². The average molecular weight is 299 g/mol. The van der Waals surface area contributed by atoms with E-state index in [1.807, 2.05) is 6.07 Å². The number of nitrogens with two attached hydrogens (primary N) is 1. The number of hydrogen-bond donors (Lipinski definition) is 1. The maximum absolute atomic E-state index is 5.74. The number of benzene rings is 1. The van der Waals surface area contributed by atoms with Crippen LogP contribution in [0.5, 0.6) is 0 Å². The molecule has 0 aliphatic rings. The monoisotopic (exact) mass is 298 g/mol. The summed E-state index contributed by atoms with van der Waals surface area (Å²) >= 11 is 3.58. The third kappa shape index (κ3) is 5.19. The Labute approximate surface area is 113 Å². The molecule has 0 aromatic heterocycles. The molecule has 0 aliphatic carbocycles. The molecule has 0 saturated heterocycles. The highest BCUT2D eigenvalue weighted by Gasteiger charge is 2.16. The second kappa shape index (κ2) is 6.53. The zero-order valence-electron chi connectivity index (χ0n) is 11.0. The van der Waals surface area contributed by atoms with Crippen molar-refractivity contribution in [3.63, 3.8) is 0 Å². The summed E-state index contributed by atoms with van der Waals surface area (Å²) in [5.41, 5.74) is 7.32. The van der Waals surface area contributed by atoms with Crippen molar-refractivity contribution in [2.75, 3.05) is 20.1 Å². The lowest BCUT2D eigenvalue weighted by Crippen LogP contribution is -2.29. The summed E-state index contributed by atoms with van der Waals surface area (Å²) in [6.07, 6.45) is 1.13. The smallest absolute Gasteiger partial charge is 0.0241 e. The minimum atomic E-state index is 0.238. The number of hydrogen-bond acceptors (Lipinski definition) is 2. The Morgan fingerprint density at radius 3 is 2.53 bits per heavy atom. The Hall–Kier alpha value is -0.380. The Kier molecular flexibility index (Phi) is 5.63. The molecule has 96 valence electrons. The van der Waals surface area contributed by atoms with E-state index in [-0.39, 0.29) is 5.41 Å². The lowest BCUT2D eigenvalue weighted by Gasteiger charge is -2.26. The molecule has 2 nitrogen and oxygen atoms in total. The first kappa shape index (κ1) is 14.7. The minimum Gasteiger partial charge on any atom is -0.330 e. The number of nitrogens with zero attached hydrogens (tertiary/aromatic N) is 1. The zero-order valence-corrected chi connectivity index (χ0v) is 12.6. The van der Waals surface area contributed by atoms with E-state index in [1.54, 1.807) is 0 Å². The van der Waals surface area contributed by atoms with Crippen molar-refractivity contribution in [1.82, 2.24) is 4.90 Å². The van der Waals surface area contributed by atoms with Crippen LogP contribution >= 0.6 is 15.9 Å². The standard InChI is InChI=1S/C14H23BrN2/c1-14(2,11-16)8-9-17(3)10-12-6-4-5-7-13(12)15/h4-7H,8-11,16H2,1-3H3. The SMILES string of the molecule is CN(CCC(C)(C)CN)Cc1ccccc1Br. The van der Waals surface area contributed by atoms with Crippen LogP contribution in [-0.4, -0.2) is 25.0 Å². The highest BCUT2D eigenvalue weighted by atomic mass is 79.9. The molecule has 0 saturated carbocycles. The largest absolute Gasteiger partial charge is 0.330 e. The van der Waals surface area contributed by atoms with Gasteiger partial charge in [-0.1, -0.05) is 48.0 Å². The molecular weight excluding hydrogens is 276 g/mol. The highest BCUT2D eigenvalue weighted by molar-refractivity contribution is 9.10. The quantitative estimate of drug-likeness (QED) is 0.873. The van der Waals surface area contributed by atoms with E-state index in [2.05, 4.69) is 59.9 Å². The maximum Gasteiger partial charge on any atom is 0.0241 e. The van der Waals surface area contributed by atoms with Crippen LogP contribution in [0, 0.1) is 5.41 Å². The maximum atomic E-state index is 5.74. The van der Waals surface area contributed by atoms with Crippen molar-refractivity contribution in [1.29, 1.82) is 0 Å². The molecule has 0 amide bonds. The van der Waals surface area contributed by atoms with Crippen LogP contribution in [0.25, 0.3) is 0 Å². The summed E-state index contributed by atoms with van der Waals surface area (Å²) in [7, 11) is 2.16. The first-order valence-electron chi connectivity index (χ1n) is 6.06. The molecule has 0 radical (unpaired) electrons. The van der Waals surface area contributed by atoms with Crippen LogP contribution in [0.4, 0.5) is 0 Å². The van der Waals surface area contributed by atoms with Gasteiger partial charge in [0.1, 0.15) is 0 Å². The van der Waals surface area contributed by atoms with E-state index in [0.717, 1.165) is 26.1 Å². The second-order valence-corrected chi connectivity index (χ2v) is 6.30. The van der Waals surface area contributed by atoms with Gasteiger partial charge in [-0.3, -0.25) is 0 Å². The lowest BCUT2D eigenvalue weighted by molar-refractivity contribution is 0.248. The van der Waals surface area contributed by atoms with E-state index in [4.69, 9.17) is 5.73 Å². The molecule has 0 spiro atoms. The summed E-state index contributed by atoms with van der Waals surface area (Å²) in [6.45, 7) is 7.24. The molecule has 2 N–H and O–H groups in total. The first-order chi connectivity index (χ1) is 7.94. The van der Waals surface area contributed by atoms with Crippen LogP contribution in [0.3, 0.4) is 0 Å². The highest BCUT2D eigenvalue weighted by Crippen LogP contribution is 2.20. The topological polar surface area (TPSA) is 29.3 Å². The Morgan fingerprint density at radius 1 is 1.29 bits per heavy atom. The summed E-state index contributed by atoms with van der Waals surface area (Å²) in [5, 5.41) is 0. The number of halogens is 1. The van der Waals surface area contributed by atoms with Gasteiger partial charge >= 0.3 is 0 Å². The second-order valence-electron chi connectivity index (χ2n) is 5.45. The van der Waals surface area contributed by atoms with Crippen molar-refractivity contribution in [2.24, 2.45) is 11.1 Å². The third-order valence-corrected chi connectivity index (χ3v) is 3.89. The van der Waals surface area contributed by atoms with Gasteiger partial charge in [0.15, 0.2) is 0 Å². The molecular formula is C14H23BrN2. The van der Waals surface area contributed by atoms with Gasteiger partial charge < -0.3 is 10.6 Å². The number of rotatable bonds is 6. The summed E-state index contributed by atoms with van der Waals surface area (Å²) < 4.78 is 1.19. The van der Waals surface area contributed by atoms with Crippen LogP contribution in [0.2, 0.25) is 0 Å². The predicted molar refractivity (Wildman–Crippen MR) is 77.9 cm³/mol. The fourth-order valence-corrected chi connectivity index (χ4v) is 2.00. The van der Waals surface area contributed by atoms with E-state index < -0.39 is 0 Å². The van der Waals surface area contributed by atoms with Crippen molar-refractivity contribution in [3.05, 3.63) is 34.3 Å². The lowest BCUT2D eigenvalue weighted by atomic mass is 9.89. The van der Waals surface area contributed by atoms with Crippen LogP contribution in [0.15, 0.2) is 28.7 Å². The van der Waals surface area contributed by atoms with Gasteiger partial charge in [-0.25, -0.2) is 0 Å². The molecule has 3 heteroatoms. The predicted octanol–water partition coefficient (Wildman–Crippen LogP) is 3.26. The molecule has 1 aromatic rings. The van der Waals surface area contributed by atoms with Gasteiger partial charge in [0.25, 0.3) is 0 Å². The van der Waals surface area contributed by atoms with Crippen molar-refractivity contribution in [2.45, 2.75) is 26.8 Å². The van der Waals surface area contributed by atoms with Gasteiger partial charge in [0.05, 0.1) is 0 Å². The fraction of sp³-hybridized carbons (Fsp3) is 0.571. The molecule has 0 atom stereocenters. The summed E-state index contributed by atoms with van der Waals surface area (Å²) in [5.74, 6) is 0. The average Bonchev–Trinajstić information content (AvgIpc) is 2.30. The molecule has 0 fully saturated rings. The molecule has 1 aromatic carbocycles. The Bertz CT molecular complexity index is 350. The van der Waals surface area contributed by atoms with Gasteiger partial charge in [0, 0.05) is 11.0 Å². The fourth-order valence-electron chi connectivity index (χ4n) is 1.59. The van der Waals surface area contributed by atoms with E-state index in [1.165, 1.54) is 10.0 Å². The van der Waals surface area contributed by atoms with Crippen molar-refractivity contribution < 1.29 is 0 Å². The third-order valence-electron chi connectivity index (χ3n) is 3.12.